The Morgan fingerprint density at radius 3 is 2.49 bits per heavy atom. The monoisotopic (exact) mass is 568 g/mol. The minimum absolute atomic E-state index is 0.0128. The Labute approximate surface area is 237 Å². The lowest BCUT2D eigenvalue weighted by Crippen LogP contribution is -2.52. The smallest absolute Gasteiger partial charge is 0.335 e. The van der Waals surface area contributed by atoms with Crippen LogP contribution in [-0.4, -0.2) is 61.6 Å². The second kappa shape index (κ2) is 12.4. The third-order valence-electron chi connectivity index (χ3n) is 8.10. The van der Waals surface area contributed by atoms with Gasteiger partial charge in [0.05, 0.1) is 11.8 Å². The van der Waals surface area contributed by atoms with Gasteiger partial charge in [-0.1, -0.05) is 31.5 Å². The molecule has 0 radical (unpaired) electrons. The molecule has 1 fully saturated rings. The van der Waals surface area contributed by atoms with Crippen LogP contribution < -0.4 is 4.90 Å². The standard InChI is InChI=1S/C30H35F3N6O2/c1-2-28(40)38-15-12-25-7-5-8-26(39(25)17-22-10-13-34-14-11-22)20-36(18-23-6-3-4-9-27(23)38)29(41)21-37-19-24(16-35-37)30(31,32)33/h3-4,6,9-11,13-14,16,19,25-26H,2,5,7-8,12,15,17-18,20-21H2,1H3. The van der Waals surface area contributed by atoms with E-state index in [0.29, 0.717) is 26.1 Å². The van der Waals surface area contributed by atoms with Crippen LogP contribution in [-0.2, 0) is 35.4 Å². The third-order valence-corrected chi connectivity index (χ3v) is 8.10. The van der Waals surface area contributed by atoms with Gasteiger partial charge in [0.15, 0.2) is 0 Å². The van der Waals surface area contributed by atoms with Gasteiger partial charge in [0, 0.05) is 69.0 Å². The fourth-order valence-electron chi connectivity index (χ4n) is 5.99. The van der Waals surface area contributed by atoms with Gasteiger partial charge in [-0.25, -0.2) is 0 Å². The van der Waals surface area contributed by atoms with Gasteiger partial charge in [-0.3, -0.25) is 24.2 Å². The molecule has 2 amide bonds. The number of hydrogen-bond acceptors (Lipinski definition) is 5. The number of para-hydroxylation sites is 1. The molecule has 5 rings (SSSR count). The average molecular weight is 569 g/mol. The van der Waals surface area contributed by atoms with Crippen LogP contribution >= 0.6 is 0 Å². The first-order valence-corrected chi connectivity index (χ1v) is 14.1. The lowest BCUT2D eigenvalue weighted by atomic mass is 9.92. The lowest BCUT2D eigenvalue weighted by molar-refractivity contribution is -0.138. The van der Waals surface area contributed by atoms with Crippen LogP contribution in [0.5, 0.6) is 0 Å². The van der Waals surface area contributed by atoms with E-state index < -0.39 is 11.7 Å². The summed E-state index contributed by atoms with van der Waals surface area (Å²) in [6, 6.07) is 11.8. The summed E-state index contributed by atoms with van der Waals surface area (Å²) in [5, 5.41) is 3.81. The summed E-state index contributed by atoms with van der Waals surface area (Å²) in [5.41, 5.74) is 1.83. The highest BCUT2D eigenvalue weighted by Crippen LogP contribution is 2.32. The summed E-state index contributed by atoms with van der Waals surface area (Å²) in [5.74, 6) is -0.311. The lowest BCUT2D eigenvalue weighted by Gasteiger charge is -2.44. The molecule has 41 heavy (non-hydrogen) atoms. The fraction of sp³-hybridized carbons (Fsp3) is 0.467. The van der Waals surface area contributed by atoms with E-state index in [-0.39, 0.29) is 37.0 Å². The maximum atomic E-state index is 13.8. The van der Waals surface area contributed by atoms with Crippen LogP contribution in [0.15, 0.2) is 61.2 Å². The number of piperidine rings is 1. The van der Waals surface area contributed by atoms with Gasteiger partial charge in [0.1, 0.15) is 6.54 Å². The number of hydrogen-bond donors (Lipinski definition) is 0. The normalized spacial score (nSPS) is 20.3. The van der Waals surface area contributed by atoms with Crippen LogP contribution in [0.25, 0.3) is 0 Å². The summed E-state index contributed by atoms with van der Waals surface area (Å²) < 4.78 is 40.6. The molecule has 0 spiro atoms. The van der Waals surface area contributed by atoms with Crippen molar-refractivity contribution in [2.24, 2.45) is 0 Å². The Bertz CT molecular complexity index is 1350. The zero-order chi connectivity index (χ0) is 29.0. The van der Waals surface area contributed by atoms with E-state index in [0.717, 1.165) is 59.6 Å². The zero-order valence-corrected chi connectivity index (χ0v) is 23.1. The molecule has 4 heterocycles. The Morgan fingerprint density at radius 1 is 1.00 bits per heavy atom. The molecule has 8 nitrogen and oxygen atoms in total. The van der Waals surface area contributed by atoms with Gasteiger partial charge in [-0.2, -0.15) is 18.3 Å². The van der Waals surface area contributed by atoms with Crippen molar-refractivity contribution in [1.29, 1.82) is 0 Å². The van der Waals surface area contributed by atoms with Crippen LogP contribution in [0.1, 0.15) is 55.7 Å². The average Bonchev–Trinajstić information content (AvgIpc) is 3.44. The predicted octanol–water partition coefficient (Wildman–Crippen LogP) is 4.90. The second-order valence-electron chi connectivity index (χ2n) is 10.8. The zero-order valence-electron chi connectivity index (χ0n) is 23.1. The van der Waals surface area contributed by atoms with Gasteiger partial charge >= 0.3 is 6.18 Å². The number of carbonyl (C=O) groups is 2. The molecule has 2 atom stereocenters. The van der Waals surface area contributed by atoms with Crippen molar-refractivity contribution in [3.8, 4) is 0 Å². The molecule has 218 valence electrons. The molecule has 0 N–H and O–H groups in total. The molecule has 1 saturated heterocycles. The van der Waals surface area contributed by atoms with E-state index in [1.54, 1.807) is 17.3 Å². The quantitative estimate of drug-likeness (QED) is 0.438. The number of halogens is 3. The highest BCUT2D eigenvalue weighted by atomic mass is 19.4. The van der Waals surface area contributed by atoms with Crippen LogP contribution in [0.2, 0.25) is 0 Å². The highest BCUT2D eigenvalue weighted by molar-refractivity contribution is 5.94. The summed E-state index contributed by atoms with van der Waals surface area (Å²) in [7, 11) is 0. The van der Waals surface area contributed by atoms with Gasteiger partial charge in [-0.05, 0) is 48.6 Å². The van der Waals surface area contributed by atoms with Gasteiger partial charge in [-0.15, -0.1) is 0 Å². The van der Waals surface area contributed by atoms with Crippen LogP contribution in [0.4, 0.5) is 18.9 Å². The maximum Gasteiger partial charge on any atom is 0.419 e. The molecule has 2 unspecified atom stereocenters. The van der Waals surface area contributed by atoms with Gasteiger partial charge in [0.2, 0.25) is 11.8 Å². The number of nitrogens with zero attached hydrogens (tertiary/aromatic N) is 6. The number of rotatable bonds is 5. The summed E-state index contributed by atoms with van der Waals surface area (Å²) in [6.07, 6.45) is 4.63. The Balaban J connectivity index is 1.51. The predicted molar refractivity (Wildman–Crippen MR) is 148 cm³/mol. The number of aromatic nitrogens is 3. The molecule has 0 saturated carbocycles. The Hall–Kier alpha value is -3.73. The topological polar surface area (TPSA) is 74.6 Å². The van der Waals surface area contributed by atoms with E-state index >= 15 is 0 Å². The molecule has 2 bridgehead atoms. The molecule has 1 aromatic carbocycles. The molecule has 2 aliphatic heterocycles. The number of fused-ring (bicyclic) bond motifs is 3. The number of benzene rings is 1. The van der Waals surface area contributed by atoms with E-state index in [1.165, 1.54) is 0 Å². The van der Waals surface area contributed by atoms with E-state index in [1.807, 2.05) is 48.2 Å². The number of amides is 2. The van der Waals surface area contributed by atoms with Gasteiger partial charge in [0.25, 0.3) is 0 Å². The first-order valence-electron chi connectivity index (χ1n) is 14.1. The van der Waals surface area contributed by atoms with Crippen molar-refractivity contribution in [3.05, 3.63) is 77.9 Å². The summed E-state index contributed by atoms with van der Waals surface area (Å²) >= 11 is 0. The van der Waals surface area contributed by atoms with E-state index in [9.17, 15) is 22.8 Å². The second-order valence-corrected chi connectivity index (χ2v) is 10.8. The van der Waals surface area contributed by atoms with Crippen LogP contribution in [0, 0.1) is 0 Å². The summed E-state index contributed by atoms with van der Waals surface area (Å²) in [4.78, 5) is 37.1. The Kier molecular flexibility index (Phi) is 8.72. The molecule has 2 aliphatic rings. The SMILES string of the molecule is CCC(=O)N1CCC2CCCC(CN(C(=O)Cn3cc(C(F)(F)F)cn3)Cc3ccccc31)N2Cc1ccncc1. The highest BCUT2D eigenvalue weighted by Gasteiger charge is 2.36. The van der Waals surface area contributed by atoms with Crippen molar-refractivity contribution in [1.82, 2.24) is 24.6 Å². The van der Waals surface area contributed by atoms with E-state index in [2.05, 4.69) is 15.0 Å². The molecule has 0 aliphatic carbocycles. The largest absolute Gasteiger partial charge is 0.419 e. The number of alkyl halides is 3. The maximum absolute atomic E-state index is 13.8. The fourth-order valence-corrected chi connectivity index (χ4v) is 5.99. The molecular weight excluding hydrogens is 533 g/mol. The number of anilines is 1. The molecule has 3 aromatic rings. The van der Waals surface area contributed by atoms with Crippen molar-refractivity contribution in [3.63, 3.8) is 0 Å². The third kappa shape index (κ3) is 6.78. The first-order chi connectivity index (χ1) is 19.7. The molecule has 2 aromatic heterocycles. The minimum Gasteiger partial charge on any atom is -0.335 e. The summed E-state index contributed by atoms with van der Waals surface area (Å²) in [6.45, 7) is 3.44. The van der Waals surface area contributed by atoms with Crippen molar-refractivity contribution in [2.75, 3.05) is 18.0 Å². The molecule has 11 heteroatoms. The molecular formula is C30H35F3N6O2. The van der Waals surface area contributed by atoms with Gasteiger partial charge < -0.3 is 9.80 Å². The first kappa shape index (κ1) is 28.8. The van der Waals surface area contributed by atoms with Crippen molar-refractivity contribution >= 4 is 17.5 Å². The Morgan fingerprint density at radius 2 is 1.76 bits per heavy atom. The van der Waals surface area contributed by atoms with Crippen molar-refractivity contribution < 1.29 is 22.8 Å². The minimum atomic E-state index is -4.53. The van der Waals surface area contributed by atoms with Crippen molar-refractivity contribution in [2.45, 2.75) is 76.9 Å². The van der Waals surface area contributed by atoms with Crippen LogP contribution in [0.3, 0.4) is 0 Å². The number of carbonyl (C=O) groups excluding carboxylic acids is 2. The number of pyridine rings is 1. The van der Waals surface area contributed by atoms with E-state index in [4.69, 9.17) is 0 Å².